The monoisotopic (exact) mass is 626 g/mol. The predicted molar refractivity (Wildman–Crippen MR) is 182 cm³/mol. The van der Waals surface area contributed by atoms with Crippen molar-refractivity contribution in [3.63, 3.8) is 0 Å². The molecule has 244 valence electrons. The number of hydrogen-bond acceptors (Lipinski definition) is 5. The van der Waals surface area contributed by atoms with Crippen LogP contribution in [0.4, 0.5) is 4.39 Å². The van der Waals surface area contributed by atoms with Crippen LogP contribution in [0.2, 0.25) is 0 Å². The van der Waals surface area contributed by atoms with Gasteiger partial charge in [-0.05, 0) is 99.7 Å². The Morgan fingerprint density at radius 3 is 2.20 bits per heavy atom. The SMILES string of the molecule is CC(C)N(CCC(c1ccccc1)c1c(O)cccc1CCOc1ccc(CCNC(=O)Cc2ccc(O)c(F)c2)cc1)C(C)C. The summed E-state index contributed by atoms with van der Waals surface area (Å²) in [6.45, 7) is 10.8. The van der Waals surface area contributed by atoms with Crippen LogP contribution >= 0.6 is 0 Å². The molecular weight excluding hydrogens is 579 g/mol. The molecule has 0 aromatic heterocycles. The zero-order valence-corrected chi connectivity index (χ0v) is 27.4. The molecule has 1 unspecified atom stereocenters. The molecule has 0 radical (unpaired) electrons. The largest absolute Gasteiger partial charge is 0.508 e. The average Bonchev–Trinajstić information content (AvgIpc) is 3.02. The van der Waals surface area contributed by atoms with Gasteiger partial charge in [-0.15, -0.1) is 0 Å². The molecule has 4 rings (SSSR count). The molecule has 0 saturated heterocycles. The number of amides is 1. The molecule has 0 spiro atoms. The zero-order chi connectivity index (χ0) is 33.1. The quantitative estimate of drug-likeness (QED) is 0.121. The van der Waals surface area contributed by atoms with Crippen LogP contribution in [0.15, 0.2) is 91.0 Å². The summed E-state index contributed by atoms with van der Waals surface area (Å²) in [4.78, 5) is 14.7. The van der Waals surface area contributed by atoms with Crippen LogP contribution < -0.4 is 10.1 Å². The normalized spacial score (nSPS) is 12.1. The first kappa shape index (κ1) is 34.5. The summed E-state index contributed by atoms with van der Waals surface area (Å²) in [5, 5.41) is 23.3. The number of carbonyl (C=O) groups is 1. The molecule has 0 heterocycles. The maximum atomic E-state index is 13.5. The van der Waals surface area contributed by atoms with E-state index in [1.54, 1.807) is 6.07 Å². The van der Waals surface area contributed by atoms with Gasteiger partial charge in [0.15, 0.2) is 11.6 Å². The standard InChI is InChI=1S/C39H47FN2O4/c1-27(2)42(28(3)4)23-20-34(31-9-6-5-7-10-31)39-32(11-8-12-37(39)44)21-24-46-33-16-13-29(14-17-33)19-22-41-38(45)26-30-15-18-36(43)35(40)25-30/h5-18,25,27-28,34,43-44H,19-24,26H2,1-4H3,(H,41,45). The van der Waals surface area contributed by atoms with Gasteiger partial charge in [-0.1, -0.05) is 60.7 Å². The molecule has 0 aliphatic heterocycles. The Labute approximate surface area is 272 Å². The van der Waals surface area contributed by atoms with Crippen molar-refractivity contribution in [1.29, 1.82) is 0 Å². The third kappa shape index (κ3) is 9.82. The molecule has 4 aromatic carbocycles. The minimum Gasteiger partial charge on any atom is -0.508 e. The van der Waals surface area contributed by atoms with Crippen LogP contribution in [0, 0.1) is 5.82 Å². The Balaban J connectivity index is 1.34. The highest BCUT2D eigenvalue weighted by Crippen LogP contribution is 2.37. The van der Waals surface area contributed by atoms with E-state index < -0.39 is 11.6 Å². The van der Waals surface area contributed by atoms with Crippen LogP contribution in [0.5, 0.6) is 17.2 Å². The fourth-order valence-electron chi connectivity index (χ4n) is 6.06. The molecule has 1 atom stereocenters. The topological polar surface area (TPSA) is 82.0 Å². The van der Waals surface area contributed by atoms with Crippen molar-refractivity contribution in [2.45, 2.75) is 71.4 Å². The first-order valence-electron chi connectivity index (χ1n) is 16.2. The number of carbonyl (C=O) groups excluding carboxylic acids is 1. The lowest BCUT2D eigenvalue weighted by Gasteiger charge is -2.32. The van der Waals surface area contributed by atoms with Gasteiger partial charge in [-0.25, -0.2) is 4.39 Å². The predicted octanol–water partition coefficient (Wildman–Crippen LogP) is 7.40. The highest BCUT2D eigenvalue weighted by Gasteiger charge is 2.23. The van der Waals surface area contributed by atoms with E-state index in [1.165, 1.54) is 23.8 Å². The van der Waals surface area contributed by atoms with Crippen molar-refractivity contribution < 1.29 is 24.1 Å². The Hall–Kier alpha value is -4.36. The Morgan fingerprint density at radius 1 is 0.826 bits per heavy atom. The summed E-state index contributed by atoms with van der Waals surface area (Å²) in [5.74, 6) is -0.237. The van der Waals surface area contributed by atoms with Gasteiger partial charge >= 0.3 is 0 Å². The number of hydrogen-bond donors (Lipinski definition) is 3. The molecule has 3 N–H and O–H groups in total. The summed E-state index contributed by atoms with van der Waals surface area (Å²) in [7, 11) is 0. The third-order valence-electron chi connectivity index (χ3n) is 8.40. The van der Waals surface area contributed by atoms with Crippen molar-refractivity contribution in [2.24, 2.45) is 0 Å². The number of rotatable bonds is 16. The fourth-order valence-corrected chi connectivity index (χ4v) is 6.06. The molecule has 1 amide bonds. The number of nitrogens with one attached hydrogen (secondary N) is 1. The van der Waals surface area contributed by atoms with Gasteiger partial charge in [0.2, 0.25) is 5.91 Å². The second-order valence-corrected chi connectivity index (χ2v) is 12.3. The maximum Gasteiger partial charge on any atom is 0.224 e. The van der Waals surface area contributed by atoms with Crippen molar-refractivity contribution >= 4 is 5.91 Å². The molecule has 46 heavy (non-hydrogen) atoms. The van der Waals surface area contributed by atoms with Crippen LogP contribution in [-0.2, 0) is 24.1 Å². The van der Waals surface area contributed by atoms with Gasteiger partial charge in [0.05, 0.1) is 13.0 Å². The van der Waals surface area contributed by atoms with Gasteiger partial charge in [0.25, 0.3) is 0 Å². The summed E-state index contributed by atoms with van der Waals surface area (Å²) < 4.78 is 19.6. The molecular formula is C39H47FN2O4. The van der Waals surface area contributed by atoms with E-state index in [2.05, 4.69) is 68.2 Å². The lowest BCUT2D eigenvalue weighted by molar-refractivity contribution is -0.120. The van der Waals surface area contributed by atoms with Gasteiger partial charge in [0, 0.05) is 36.5 Å². The highest BCUT2D eigenvalue weighted by molar-refractivity contribution is 5.78. The first-order valence-corrected chi connectivity index (χ1v) is 16.2. The van der Waals surface area contributed by atoms with Gasteiger partial charge in [-0.2, -0.15) is 0 Å². The maximum absolute atomic E-state index is 13.5. The molecule has 0 saturated carbocycles. The Morgan fingerprint density at radius 2 is 1.52 bits per heavy atom. The van der Waals surface area contributed by atoms with Gasteiger partial charge in [-0.3, -0.25) is 9.69 Å². The second kappa shape index (κ2) is 16.8. The molecule has 6 nitrogen and oxygen atoms in total. The number of phenols is 2. The Kier molecular flexibility index (Phi) is 12.6. The summed E-state index contributed by atoms with van der Waals surface area (Å²) in [5.41, 5.74) is 4.81. The number of nitrogens with zero attached hydrogens (tertiary/aromatic N) is 1. The summed E-state index contributed by atoms with van der Waals surface area (Å²) >= 11 is 0. The molecule has 0 bridgehead atoms. The molecule has 0 fully saturated rings. The minimum absolute atomic E-state index is 0.0469. The van der Waals surface area contributed by atoms with Crippen LogP contribution in [0.25, 0.3) is 0 Å². The number of ether oxygens (including phenoxy) is 1. The van der Waals surface area contributed by atoms with E-state index in [0.29, 0.717) is 49.4 Å². The zero-order valence-electron chi connectivity index (χ0n) is 27.4. The van der Waals surface area contributed by atoms with E-state index in [9.17, 15) is 19.4 Å². The van der Waals surface area contributed by atoms with Gasteiger partial charge < -0.3 is 20.3 Å². The van der Waals surface area contributed by atoms with Crippen molar-refractivity contribution in [1.82, 2.24) is 10.2 Å². The number of halogens is 1. The minimum atomic E-state index is -0.735. The van der Waals surface area contributed by atoms with E-state index in [-0.39, 0.29) is 18.2 Å². The summed E-state index contributed by atoms with van der Waals surface area (Å²) in [6, 6.07) is 28.9. The van der Waals surface area contributed by atoms with E-state index >= 15 is 0 Å². The number of aromatic hydroxyl groups is 2. The molecule has 4 aromatic rings. The van der Waals surface area contributed by atoms with Crippen molar-refractivity contribution in [2.75, 3.05) is 19.7 Å². The lowest BCUT2D eigenvalue weighted by Crippen LogP contribution is -2.38. The van der Waals surface area contributed by atoms with Crippen LogP contribution in [0.3, 0.4) is 0 Å². The van der Waals surface area contributed by atoms with Gasteiger partial charge in [0.1, 0.15) is 11.5 Å². The van der Waals surface area contributed by atoms with Crippen LogP contribution in [-0.4, -0.2) is 52.8 Å². The van der Waals surface area contributed by atoms with Crippen molar-refractivity contribution in [3.05, 3.63) is 125 Å². The number of benzene rings is 4. The van der Waals surface area contributed by atoms with E-state index in [0.717, 1.165) is 35.4 Å². The van der Waals surface area contributed by atoms with Crippen LogP contribution in [0.1, 0.15) is 67.9 Å². The van der Waals surface area contributed by atoms with E-state index in [1.807, 2.05) is 36.4 Å². The highest BCUT2D eigenvalue weighted by atomic mass is 19.1. The second-order valence-electron chi connectivity index (χ2n) is 12.3. The number of phenolic OH excluding ortho intramolecular Hbond substituents is 2. The third-order valence-corrected chi connectivity index (χ3v) is 8.40. The molecule has 7 heteroatoms. The molecule has 0 aliphatic carbocycles. The smallest absolute Gasteiger partial charge is 0.224 e. The Bertz CT molecular complexity index is 1530. The molecule has 0 aliphatic rings. The fraction of sp³-hybridized carbons (Fsp3) is 0.359. The lowest BCUT2D eigenvalue weighted by atomic mass is 9.84. The van der Waals surface area contributed by atoms with E-state index in [4.69, 9.17) is 4.74 Å². The first-order chi connectivity index (χ1) is 22.1. The van der Waals surface area contributed by atoms with Crippen molar-refractivity contribution in [3.8, 4) is 17.2 Å². The summed E-state index contributed by atoms with van der Waals surface area (Å²) in [6.07, 6.45) is 2.24. The average molecular weight is 627 g/mol.